The van der Waals surface area contributed by atoms with Gasteiger partial charge in [0.25, 0.3) is 0 Å². The Bertz CT molecular complexity index is 661. The van der Waals surface area contributed by atoms with Gasteiger partial charge in [0.15, 0.2) is 0 Å². The minimum Gasteiger partial charge on any atom is -0.494 e. The van der Waals surface area contributed by atoms with Gasteiger partial charge in [-0.1, -0.05) is 24.3 Å². The largest absolute Gasteiger partial charge is 0.494 e. The molecule has 0 spiro atoms. The normalized spacial score (nSPS) is 10.2. The quantitative estimate of drug-likeness (QED) is 0.647. The Morgan fingerprint density at radius 1 is 1.12 bits per heavy atom. The molecule has 0 aliphatic rings. The number of carbonyl (C=O) groups is 1. The Hall–Kier alpha value is -2.01. The molecular weight excluding hydrogens is 370 g/mol. The van der Waals surface area contributed by atoms with Gasteiger partial charge >= 0.3 is 0 Å². The third-order valence-corrected chi connectivity index (χ3v) is 4.00. The van der Waals surface area contributed by atoms with Crippen molar-refractivity contribution in [2.75, 3.05) is 13.2 Å². The van der Waals surface area contributed by atoms with Crippen LogP contribution in [0, 0.1) is 0 Å². The molecule has 128 valence electrons. The zero-order valence-electron chi connectivity index (χ0n) is 13.8. The fraction of sp³-hybridized carbons (Fsp3) is 0.316. The van der Waals surface area contributed by atoms with Gasteiger partial charge in [-0.25, -0.2) is 0 Å². The predicted octanol–water partition coefficient (Wildman–Crippen LogP) is 4.32. The monoisotopic (exact) mass is 391 g/mol. The van der Waals surface area contributed by atoms with Crippen LogP contribution in [-0.2, 0) is 11.3 Å². The molecule has 0 bridgehead atoms. The van der Waals surface area contributed by atoms with E-state index < -0.39 is 0 Å². The maximum atomic E-state index is 11.9. The lowest BCUT2D eigenvalue weighted by Crippen LogP contribution is -2.23. The number of halogens is 1. The first kappa shape index (κ1) is 18.3. The van der Waals surface area contributed by atoms with E-state index in [2.05, 4.69) is 21.2 Å². The topological polar surface area (TPSA) is 47.6 Å². The molecule has 2 aromatic carbocycles. The summed E-state index contributed by atoms with van der Waals surface area (Å²) < 4.78 is 12.0. The van der Waals surface area contributed by atoms with Crippen LogP contribution < -0.4 is 14.8 Å². The van der Waals surface area contributed by atoms with E-state index in [1.165, 1.54) is 0 Å². The molecule has 0 unspecified atom stereocenters. The van der Waals surface area contributed by atoms with Crippen LogP contribution in [0.1, 0.15) is 25.3 Å². The molecule has 0 heterocycles. The highest BCUT2D eigenvalue weighted by atomic mass is 79.9. The molecular formula is C19H22BrNO3. The second kappa shape index (κ2) is 9.98. The number of nitrogens with one attached hydrogen (secondary N) is 1. The van der Waals surface area contributed by atoms with Crippen molar-refractivity contribution in [2.45, 2.75) is 26.3 Å². The summed E-state index contributed by atoms with van der Waals surface area (Å²) in [6.07, 6.45) is 1.11. The number of hydrogen-bond donors (Lipinski definition) is 1. The molecule has 0 aliphatic carbocycles. The fourth-order valence-corrected chi connectivity index (χ4v) is 2.58. The molecule has 0 atom stereocenters. The molecule has 0 aliphatic heterocycles. The van der Waals surface area contributed by atoms with Crippen molar-refractivity contribution in [3.05, 3.63) is 58.6 Å². The Labute approximate surface area is 151 Å². The van der Waals surface area contributed by atoms with Gasteiger partial charge in [0.2, 0.25) is 5.91 Å². The summed E-state index contributed by atoms with van der Waals surface area (Å²) in [4.78, 5) is 11.9. The molecule has 0 saturated carbocycles. The first-order chi connectivity index (χ1) is 11.7. The van der Waals surface area contributed by atoms with Crippen molar-refractivity contribution in [1.82, 2.24) is 5.32 Å². The van der Waals surface area contributed by atoms with Gasteiger partial charge < -0.3 is 14.8 Å². The minimum atomic E-state index is 0.0209. The van der Waals surface area contributed by atoms with Crippen LogP contribution in [0.15, 0.2) is 53.0 Å². The van der Waals surface area contributed by atoms with E-state index >= 15 is 0 Å². The minimum absolute atomic E-state index is 0.0209. The number of amides is 1. The Balaban J connectivity index is 1.66. The fourth-order valence-electron chi connectivity index (χ4n) is 2.18. The molecule has 4 nitrogen and oxygen atoms in total. The van der Waals surface area contributed by atoms with E-state index in [1.807, 2.05) is 55.5 Å². The van der Waals surface area contributed by atoms with Gasteiger partial charge in [-0.15, -0.1) is 0 Å². The SMILES string of the molecule is CCOc1cccc(CNC(=O)CCCOc2ccccc2Br)c1. The Morgan fingerprint density at radius 2 is 1.96 bits per heavy atom. The van der Waals surface area contributed by atoms with Crippen molar-refractivity contribution in [1.29, 1.82) is 0 Å². The summed E-state index contributed by atoms with van der Waals surface area (Å²) in [5.41, 5.74) is 1.03. The molecule has 0 fully saturated rings. The van der Waals surface area contributed by atoms with Gasteiger partial charge in [-0.2, -0.15) is 0 Å². The number of benzene rings is 2. The first-order valence-electron chi connectivity index (χ1n) is 8.05. The second-order valence-electron chi connectivity index (χ2n) is 5.24. The van der Waals surface area contributed by atoms with Crippen molar-refractivity contribution in [2.24, 2.45) is 0 Å². The number of para-hydroxylation sites is 1. The van der Waals surface area contributed by atoms with Crippen LogP contribution in [0.2, 0.25) is 0 Å². The van der Waals surface area contributed by atoms with E-state index in [4.69, 9.17) is 9.47 Å². The molecule has 2 aromatic rings. The highest BCUT2D eigenvalue weighted by Gasteiger charge is 2.04. The van der Waals surface area contributed by atoms with Crippen LogP contribution in [0.3, 0.4) is 0 Å². The number of ether oxygens (including phenoxy) is 2. The van der Waals surface area contributed by atoms with E-state index in [-0.39, 0.29) is 5.91 Å². The van der Waals surface area contributed by atoms with Gasteiger partial charge in [0, 0.05) is 13.0 Å². The lowest BCUT2D eigenvalue weighted by Gasteiger charge is -2.09. The molecule has 24 heavy (non-hydrogen) atoms. The van der Waals surface area contributed by atoms with Gasteiger partial charge in [-0.05, 0) is 59.1 Å². The van der Waals surface area contributed by atoms with Crippen LogP contribution in [-0.4, -0.2) is 19.1 Å². The van der Waals surface area contributed by atoms with Crippen molar-refractivity contribution >= 4 is 21.8 Å². The van der Waals surface area contributed by atoms with Crippen molar-refractivity contribution in [3.8, 4) is 11.5 Å². The molecule has 1 N–H and O–H groups in total. The van der Waals surface area contributed by atoms with Crippen LogP contribution in [0.5, 0.6) is 11.5 Å². The zero-order valence-corrected chi connectivity index (χ0v) is 15.3. The van der Waals surface area contributed by atoms with Gasteiger partial charge in [0.1, 0.15) is 11.5 Å². The third-order valence-electron chi connectivity index (χ3n) is 3.34. The smallest absolute Gasteiger partial charge is 0.220 e. The lowest BCUT2D eigenvalue weighted by molar-refractivity contribution is -0.121. The van der Waals surface area contributed by atoms with Crippen LogP contribution >= 0.6 is 15.9 Å². The summed E-state index contributed by atoms with van der Waals surface area (Å²) in [7, 11) is 0. The third kappa shape index (κ3) is 6.24. The maximum absolute atomic E-state index is 11.9. The Morgan fingerprint density at radius 3 is 2.75 bits per heavy atom. The summed E-state index contributed by atoms with van der Waals surface area (Å²) in [5, 5.41) is 2.92. The predicted molar refractivity (Wildman–Crippen MR) is 98.3 cm³/mol. The molecule has 1 amide bonds. The summed E-state index contributed by atoms with van der Waals surface area (Å²) in [5.74, 6) is 1.64. The second-order valence-corrected chi connectivity index (χ2v) is 6.09. The molecule has 0 saturated heterocycles. The molecule has 5 heteroatoms. The van der Waals surface area contributed by atoms with E-state index in [1.54, 1.807) is 0 Å². The van der Waals surface area contributed by atoms with Gasteiger partial charge in [-0.3, -0.25) is 4.79 Å². The number of carbonyl (C=O) groups excluding carboxylic acids is 1. The first-order valence-corrected chi connectivity index (χ1v) is 8.84. The summed E-state index contributed by atoms with van der Waals surface area (Å²) in [6.45, 7) is 3.60. The summed E-state index contributed by atoms with van der Waals surface area (Å²) in [6, 6.07) is 15.4. The molecule has 2 rings (SSSR count). The average molecular weight is 392 g/mol. The van der Waals surface area contributed by atoms with E-state index in [0.717, 1.165) is 21.5 Å². The number of rotatable bonds is 9. The maximum Gasteiger partial charge on any atom is 0.220 e. The van der Waals surface area contributed by atoms with E-state index in [9.17, 15) is 4.79 Å². The standard InChI is InChI=1S/C19H22BrNO3/c1-2-23-16-8-5-7-15(13-16)14-21-19(22)11-6-12-24-18-10-4-3-9-17(18)20/h3-5,7-10,13H,2,6,11-12,14H2,1H3,(H,21,22). The molecule has 0 radical (unpaired) electrons. The van der Waals surface area contributed by atoms with Gasteiger partial charge in [0.05, 0.1) is 17.7 Å². The number of hydrogen-bond acceptors (Lipinski definition) is 3. The highest BCUT2D eigenvalue weighted by Crippen LogP contribution is 2.23. The van der Waals surface area contributed by atoms with Crippen LogP contribution in [0.25, 0.3) is 0 Å². The average Bonchev–Trinajstić information content (AvgIpc) is 2.59. The summed E-state index contributed by atoms with van der Waals surface area (Å²) >= 11 is 3.43. The highest BCUT2D eigenvalue weighted by molar-refractivity contribution is 9.10. The van der Waals surface area contributed by atoms with Crippen molar-refractivity contribution < 1.29 is 14.3 Å². The molecule has 0 aromatic heterocycles. The lowest BCUT2D eigenvalue weighted by atomic mass is 10.2. The van der Waals surface area contributed by atoms with E-state index in [0.29, 0.717) is 32.6 Å². The Kier molecular flexibility index (Phi) is 7.62. The zero-order chi connectivity index (χ0) is 17.2. The van der Waals surface area contributed by atoms with Crippen molar-refractivity contribution in [3.63, 3.8) is 0 Å². The van der Waals surface area contributed by atoms with Crippen LogP contribution in [0.4, 0.5) is 0 Å².